The first-order valence-electron chi connectivity index (χ1n) is 9.93. The highest BCUT2D eigenvalue weighted by atomic mass is 19.4. The number of nitriles is 1. The van der Waals surface area contributed by atoms with Crippen LogP contribution in [-0.4, -0.2) is 24.0 Å². The highest BCUT2D eigenvalue weighted by Gasteiger charge is 2.43. The van der Waals surface area contributed by atoms with E-state index in [-0.39, 0.29) is 24.3 Å². The van der Waals surface area contributed by atoms with E-state index < -0.39 is 29.5 Å². The zero-order chi connectivity index (χ0) is 24.3. The van der Waals surface area contributed by atoms with E-state index in [4.69, 9.17) is 10.00 Å². The number of aromatic nitrogens is 1. The van der Waals surface area contributed by atoms with Crippen molar-refractivity contribution in [3.05, 3.63) is 83.4 Å². The Morgan fingerprint density at radius 1 is 1.18 bits per heavy atom. The van der Waals surface area contributed by atoms with E-state index in [1.807, 2.05) is 6.07 Å². The molecule has 174 valence electrons. The van der Waals surface area contributed by atoms with Gasteiger partial charge in [-0.3, -0.25) is 4.98 Å². The van der Waals surface area contributed by atoms with Gasteiger partial charge in [-0.1, -0.05) is 6.07 Å². The van der Waals surface area contributed by atoms with Crippen molar-refractivity contribution in [3.8, 4) is 17.6 Å². The van der Waals surface area contributed by atoms with Gasteiger partial charge in [-0.15, -0.1) is 13.2 Å². The van der Waals surface area contributed by atoms with E-state index >= 15 is 0 Å². The summed E-state index contributed by atoms with van der Waals surface area (Å²) < 4.78 is 61.7. The Hall–Kier alpha value is -4.33. The third kappa shape index (κ3) is 4.71. The van der Waals surface area contributed by atoms with Gasteiger partial charge in [-0.05, 0) is 54.1 Å². The third-order valence-electron chi connectivity index (χ3n) is 5.16. The molecule has 0 saturated carbocycles. The number of ether oxygens (including phenoxy) is 2. The number of halogens is 4. The number of hydrogen-bond acceptors (Lipinski definition) is 5. The average Bonchev–Trinajstić information content (AvgIpc) is 2.80. The number of rotatable bonds is 4. The molecule has 34 heavy (non-hydrogen) atoms. The maximum Gasteiger partial charge on any atom is 0.573 e. The first-order chi connectivity index (χ1) is 16.2. The number of benzene rings is 2. The average molecular weight is 472 g/mol. The summed E-state index contributed by atoms with van der Waals surface area (Å²) in [6.07, 6.45) is -3.48. The van der Waals surface area contributed by atoms with Gasteiger partial charge in [0.15, 0.2) is 11.6 Å². The van der Waals surface area contributed by atoms with Crippen LogP contribution in [0.25, 0.3) is 0 Å². The van der Waals surface area contributed by atoms with Gasteiger partial charge in [0.25, 0.3) is 0 Å². The van der Waals surface area contributed by atoms with Crippen LogP contribution in [0.3, 0.4) is 0 Å². The number of hydrogen-bond donors (Lipinski definition) is 2. The van der Waals surface area contributed by atoms with Gasteiger partial charge in [0, 0.05) is 18.3 Å². The lowest BCUT2D eigenvalue weighted by atomic mass is 9.81. The molecule has 3 aromatic rings. The van der Waals surface area contributed by atoms with E-state index in [1.165, 1.54) is 36.5 Å². The number of anilines is 1. The smallest absolute Gasteiger partial charge is 0.491 e. The third-order valence-corrected chi connectivity index (χ3v) is 5.16. The Morgan fingerprint density at radius 3 is 2.62 bits per heavy atom. The summed E-state index contributed by atoms with van der Waals surface area (Å²) in [6, 6.07) is 13.6. The zero-order valence-corrected chi connectivity index (χ0v) is 17.3. The molecule has 11 heteroatoms. The second-order valence-corrected chi connectivity index (χ2v) is 7.32. The Morgan fingerprint density at radius 2 is 1.94 bits per heavy atom. The SMILES string of the molecule is N#Cc1ccc(NC(=O)N[C@]2(c3ccc(OC(F)(F)F)c(F)c3)CCOc3cccnc32)cc1. The van der Waals surface area contributed by atoms with Crippen LogP contribution in [0, 0.1) is 17.1 Å². The van der Waals surface area contributed by atoms with Crippen LogP contribution in [0.5, 0.6) is 11.5 Å². The second kappa shape index (κ2) is 8.90. The number of alkyl halides is 3. The van der Waals surface area contributed by atoms with Crippen LogP contribution in [0.4, 0.5) is 28.0 Å². The van der Waals surface area contributed by atoms with Gasteiger partial charge in [-0.25, -0.2) is 9.18 Å². The molecule has 0 radical (unpaired) electrons. The fourth-order valence-corrected chi connectivity index (χ4v) is 3.69. The molecule has 7 nitrogen and oxygen atoms in total. The number of nitrogens with one attached hydrogen (secondary N) is 2. The number of pyridine rings is 1. The molecule has 4 rings (SSSR count). The molecule has 0 unspecified atom stereocenters. The van der Waals surface area contributed by atoms with Crippen LogP contribution >= 0.6 is 0 Å². The minimum atomic E-state index is -5.06. The van der Waals surface area contributed by atoms with E-state index in [2.05, 4.69) is 20.4 Å². The Labute approximate surface area is 190 Å². The van der Waals surface area contributed by atoms with Crippen LogP contribution in [-0.2, 0) is 5.54 Å². The maximum absolute atomic E-state index is 14.6. The quantitative estimate of drug-likeness (QED) is 0.530. The summed E-state index contributed by atoms with van der Waals surface area (Å²) in [7, 11) is 0. The molecule has 1 aliphatic rings. The summed E-state index contributed by atoms with van der Waals surface area (Å²) in [4.78, 5) is 17.2. The summed E-state index contributed by atoms with van der Waals surface area (Å²) >= 11 is 0. The van der Waals surface area contributed by atoms with Gasteiger partial charge < -0.3 is 20.1 Å². The van der Waals surface area contributed by atoms with Crippen molar-refractivity contribution < 1.29 is 31.8 Å². The van der Waals surface area contributed by atoms with Gasteiger partial charge in [0.05, 0.1) is 18.2 Å². The molecular formula is C23H16F4N4O3. The fraction of sp³-hybridized carbons (Fsp3) is 0.174. The number of urea groups is 1. The molecule has 2 N–H and O–H groups in total. The van der Waals surface area contributed by atoms with E-state index in [1.54, 1.807) is 12.1 Å². The van der Waals surface area contributed by atoms with E-state index in [0.29, 0.717) is 17.0 Å². The number of amides is 2. The number of carbonyl (C=O) groups excluding carboxylic acids is 1. The van der Waals surface area contributed by atoms with Gasteiger partial charge in [0.2, 0.25) is 0 Å². The summed E-state index contributed by atoms with van der Waals surface area (Å²) in [6.45, 7) is 0.123. The lowest BCUT2D eigenvalue weighted by Gasteiger charge is -2.39. The van der Waals surface area contributed by atoms with Gasteiger partial charge >= 0.3 is 12.4 Å². The lowest BCUT2D eigenvalue weighted by molar-refractivity contribution is -0.275. The number of fused-ring (bicyclic) bond motifs is 1. The molecule has 2 heterocycles. The Kier molecular flexibility index (Phi) is 5.98. The van der Waals surface area contributed by atoms with Crippen molar-refractivity contribution in [3.63, 3.8) is 0 Å². The molecule has 0 fully saturated rings. The predicted octanol–water partition coefficient (Wildman–Crippen LogP) is 4.84. The minimum absolute atomic E-state index is 0.122. The molecule has 0 aliphatic carbocycles. The monoisotopic (exact) mass is 472 g/mol. The zero-order valence-electron chi connectivity index (χ0n) is 17.3. The van der Waals surface area contributed by atoms with Crippen molar-refractivity contribution in [2.24, 2.45) is 0 Å². The number of nitrogens with zero attached hydrogens (tertiary/aromatic N) is 2. The lowest BCUT2D eigenvalue weighted by Crippen LogP contribution is -2.51. The van der Waals surface area contributed by atoms with Crippen molar-refractivity contribution in [1.82, 2.24) is 10.3 Å². The van der Waals surface area contributed by atoms with Crippen LogP contribution in [0.2, 0.25) is 0 Å². The van der Waals surface area contributed by atoms with Gasteiger partial charge in [0.1, 0.15) is 17.0 Å². The molecule has 1 atom stereocenters. The topological polar surface area (TPSA) is 96.3 Å². The van der Waals surface area contributed by atoms with E-state index in [9.17, 15) is 22.4 Å². The standard InChI is InChI=1S/C23H16F4N4O3/c24-17-12-15(5-8-18(17)34-23(25,26)27)22(9-11-33-19-2-1-10-29-20(19)22)31-21(32)30-16-6-3-14(13-28)4-7-16/h1-8,10,12H,9,11H2,(H2,30,31,32)/t22-/m0/s1. The molecule has 1 aromatic heterocycles. The normalized spacial score (nSPS) is 17.0. The largest absolute Gasteiger partial charge is 0.573 e. The molecule has 2 amide bonds. The first-order valence-corrected chi connectivity index (χ1v) is 9.93. The van der Waals surface area contributed by atoms with E-state index in [0.717, 1.165) is 12.1 Å². The van der Waals surface area contributed by atoms with Crippen LogP contribution in [0.15, 0.2) is 60.8 Å². The Balaban J connectivity index is 1.71. The fourth-order valence-electron chi connectivity index (χ4n) is 3.69. The van der Waals surface area contributed by atoms with Crippen molar-refractivity contribution in [2.75, 3.05) is 11.9 Å². The van der Waals surface area contributed by atoms with Crippen molar-refractivity contribution in [1.29, 1.82) is 5.26 Å². The molecule has 2 aromatic carbocycles. The summed E-state index contributed by atoms with van der Waals surface area (Å²) in [5, 5.41) is 14.3. The summed E-state index contributed by atoms with van der Waals surface area (Å²) in [5.41, 5.74) is -0.206. The van der Waals surface area contributed by atoms with Crippen LogP contribution < -0.4 is 20.1 Å². The highest BCUT2D eigenvalue weighted by molar-refractivity contribution is 5.90. The van der Waals surface area contributed by atoms with Crippen molar-refractivity contribution >= 4 is 11.7 Å². The molecule has 0 saturated heterocycles. The van der Waals surface area contributed by atoms with Gasteiger partial charge in [-0.2, -0.15) is 5.26 Å². The molecule has 0 bridgehead atoms. The first kappa shape index (κ1) is 22.8. The predicted molar refractivity (Wildman–Crippen MR) is 112 cm³/mol. The minimum Gasteiger partial charge on any atom is -0.491 e. The highest BCUT2D eigenvalue weighted by Crippen LogP contribution is 2.41. The van der Waals surface area contributed by atoms with Crippen molar-refractivity contribution in [2.45, 2.75) is 18.3 Å². The second-order valence-electron chi connectivity index (χ2n) is 7.32. The number of carbonyl (C=O) groups is 1. The molecular weight excluding hydrogens is 456 g/mol. The maximum atomic E-state index is 14.6. The molecule has 1 aliphatic heterocycles. The summed E-state index contributed by atoms with van der Waals surface area (Å²) in [5.74, 6) is -1.92. The molecule has 0 spiro atoms. The van der Waals surface area contributed by atoms with Crippen LogP contribution in [0.1, 0.15) is 23.2 Å². The Bertz CT molecular complexity index is 1260.